The van der Waals surface area contributed by atoms with Crippen molar-refractivity contribution >= 4 is 5.96 Å². The van der Waals surface area contributed by atoms with Crippen molar-refractivity contribution in [3.05, 3.63) is 40.6 Å². The molecule has 27 heavy (non-hydrogen) atoms. The van der Waals surface area contributed by atoms with Crippen molar-refractivity contribution in [2.45, 2.75) is 59.6 Å². The van der Waals surface area contributed by atoms with E-state index < -0.39 is 5.60 Å². The molecule has 0 saturated heterocycles. The summed E-state index contributed by atoms with van der Waals surface area (Å²) in [5.41, 5.74) is 2.37. The summed E-state index contributed by atoms with van der Waals surface area (Å²) >= 11 is 0. The number of nitrogens with zero attached hydrogens (tertiary/aromatic N) is 3. The van der Waals surface area contributed by atoms with Gasteiger partial charge in [-0.2, -0.15) is 5.10 Å². The Bertz CT molecular complexity index is 773. The number of aromatic nitrogens is 2. The van der Waals surface area contributed by atoms with E-state index in [9.17, 15) is 5.11 Å². The molecule has 1 unspecified atom stereocenters. The number of hydrogen-bond acceptors (Lipinski definition) is 4. The molecule has 0 amide bonds. The van der Waals surface area contributed by atoms with Gasteiger partial charge in [-0.15, -0.1) is 0 Å². The number of hydrogen-bond donors (Lipinski definition) is 3. The molecule has 0 aromatic carbocycles. The van der Waals surface area contributed by atoms with Gasteiger partial charge in [0.1, 0.15) is 17.1 Å². The summed E-state index contributed by atoms with van der Waals surface area (Å²) in [7, 11) is 1.98. The second kappa shape index (κ2) is 9.08. The number of guanidine groups is 1. The van der Waals surface area contributed by atoms with E-state index in [1.165, 1.54) is 11.3 Å². The van der Waals surface area contributed by atoms with Crippen LogP contribution in [0.2, 0.25) is 0 Å². The molecule has 2 aromatic rings. The summed E-state index contributed by atoms with van der Waals surface area (Å²) in [4.78, 5) is 4.72. The fourth-order valence-corrected chi connectivity index (χ4v) is 3.14. The second-order valence-corrected chi connectivity index (χ2v) is 6.94. The Hall–Kier alpha value is -2.28. The van der Waals surface area contributed by atoms with Crippen LogP contribution in [-0.2, 0) is 32.0 Å². The fraction of sp³-hybridized carbons (Fsp3) is 0.600. The minimum atomic E-state index is -1.12. The summed E-state index contributed by atoms with van der Waals surface area (Å²) in [6, 6.07) is 3.65. The van der Waals surface area contributed by atoms with Crippen molar-refractivity contribution in [2.75, 3.05) is 13.1 Å². The zero-order chi connectivity index (χ0) is 20.0. The van der Waals surface area contributed by atoms with Gasteiger partial charge in [-0.05, 0) is 45.7 Å². The molecule has 0 spiro atoms. The Morgan fingerprint density at radius 3 is 2.56 bits per heavy atom. The molecule has 3 N–H and O–H groups in total. The quantitative estimate of drug-likeness (QED) is 0.487. The van der Waals surface area contributed by atoms with E-state index in [0.29, 0.717) is 24.8 Å². The van der Waals surface area contributed by atoms with Crippen LogP contribution in [0.25, 0.3) is 0 Å². The normalized spacial score (nSPS) is 14.3. The molecule has 150 valence electrons. The number of aliphatic hydroxyl groups is 1. The van der Waals surface area contributed by atoms with E-state index in [4.69, 9.17) is 9.41 Å². The van der Waals surface area contributed by atoms with E-state index >= 15 is 0 Å². The maximum Gasteiger partial charge on any atom is 0.191 e. The summed E-state index contributed by atoms with van der Waals surface area (Å²) in [5.74, 6) is 1.98. The monoisotopic (exact) mass is 375 g/mol. The first-order chi connectivity index (χ1) is 12.8. The topological polar surface area (TPSA) is 87.6 Å². The van der Waals surface area contributed by atoms with Gasteiger partial charge in [0.25, 0.3) is 0 Å². The number of rotatable bonds is 8. The Kier molecular flexibility index (Phi) is 7.07. The van der Waals surface area contributed by atoms with Gasteiger partial charge in [0, 0.05) is 24.8 Å². The first-order valence-corrected chi connectivity index (χ1v) is 9.67. The molecule has 7 heteroatoms. The zero-order valence-corrected chi connectivity index (χ0v) is 17.4. The van der Waals surface area contributed by atoms with Crippen molar-refractivity contribution in [3.8, 4) is 0 Å². The lowest BCUT2D eigenvalue weighted by molar-refractivity contribution is 0.0378. The number of furan rings is 1. The van der Waals surface area contributed by atoms with Crippen LogP contribution in [0.3, 0.4) is 0 Å². The number of aliphatic imine (C=N–C) groups is 1. The molecule has 1 atom stereocenters. The maximum atomic E-state index is 10.7. The van der Waals surface area contributed by atoms with E-state index in [-0.39, 0.29) is 0 Å². The Morgan fingerprint density at radius 2 is 2.00 bits per heavy atom. The minimum Gasteiger partial charge on any atom is -0.463 e. The largest absolute Gasteiger partial charge is 0.463 e. The Labute approximate surface area is 161 Å². The average Bonchev–Trinajstić information content (AvgIpc) is 3.20. The standard InChI is InChI=1S/C20H33N5O2/c1-7-16-15(17(8-2)25(6)24-16)12-22-19(21-9-3)23-13-20(5,26)18-11-10-14(4)27-18/h10-11,26H,7-9,12-13H2,1-6H3,(H2,21,22,23). The van der Waals surface area contributed by atoms with Crippen molar-refractivity contribution < 1.29 is 9.52 Å². The molecule has 0 aliphatic heterocycles. The van der Waals surface area contributed by atoms with Crippen molar-refractivity contribution in [1.82, 2.24) is 20.4 Å². The molecular formula is C20H33N5O2. The predicted octanol–water partition coefficient (Wildman–Crippen LogP) is 2.41. The molecule has 0 aliphatic carbocycles. The highest BCUT2D eigenvalue weighted by molar-refractivity contribution is 5.79. The average molecular weight is 376 g/mol. The second-order valence-electron chi connectivity index (χ2n) is 6.94. The first-order valence-electron chi connectivity index (χ1n) is 9.67. The molecule has 0 aliphatic rings. The highest BCUT2D eigenvalue weighted by atomic mass is 16.4. The van der Waals surface area contributed by atoms with E-state index in [1.54, 1.807) is 13.0 Å². The SMILES string of the molecule is CCNC(=NCc1c(CC)nn(C)c1CC)NCC(C)(O)c1ccc(C)o1. The molecule has 0 bridgehead atoms. The molecule has 7 nitrogen and oxygen atoms in total. The lowest BCUT2D eigenvalue weighted by atomic mass is 10.0. The summed E-state index contributed by atoms with van der Waals surface area (Å²) in [5, 5.41) is 21.8. The van der Waals surface area contributed by atoms with Gasteiger partial charge in [-0.25, -0.2) is 4.99 Å². The van der Waals surface area contributed by atoms with Gasteiger partial charge < -0.3 is 20.2 Å². The van der Waals surface area contributed by atoms with Crippen molar-refractivity contribution in [3.63, 3.8) is 0 Å². The molecule has 2 heterocycles. The predicted molar refractivity (Wildman–Crippen MR) is 108 cm³/mol. The van der Waals surface area contributed by atoms with Gasteiger partial charge in [-0.1, -0.05) is 13.8 Å². The van der Waals surface area contributed by atoms with E-state index in [2.05, 4.69) is 29.6 Å². The fourth-order valence-electron chi connectivity index (χ4n) is 3.14. The lowest BCUT2D eigenvalue weighted by Crippen LogP contribution is -2.44. The smallest absolute Gasteiger partial charge is 0.191 e. The highest BCUT2D eigenvalue weighted by Crippen LogP contribution is 2.22. The van der Waals surface area contributed by atoms with Gasteiger partial charge in [-0.3, -0.25) is 4.68 Å². The third kappa shape index (κ3) is 5.13. The van der Waals surface area contributed by atoms with Crippen LogP contribution in [0, 0.1) is 6.92 Å². The van der Waals surface area contributed by atoms with E-state index in [1.807, 2.05) is 31.6 Å². The Balaban J connectivity index is 2.13. The Morgan fingerprint density at radius 1 is 1.26 bits per heavy atom. The number of nitrogens with one attached hydrogen (secondary N) is 2. The molecule has 2 rings (SSSR count). The third-order valence-electron chi connectivity index (χ3n) is 4.64. The van der Waals surface area contributed by atoms with Crippen LogP contribution < -0.4 is 10.6 Å². The van der Waals surface area contributed by atoms with Crippen LogP contribution in [0.15, 0.2) is 21.5 Å². The van der Waals surface area contributed by atoms with Gasteiger partial charge in [0.05, 0.1) is 18.8 Å². The molecule has 2 aromatic heterocycles. The van der Waals surface area contributed by atoms with Gasteiger partial charge in [0.2, 0.25) is 0 Å². The van der Waals surface area contributed by atoms with Crippen molar-refractivity contribution in [1.29, 1.82) is 0 Å². The zero-order valence-electron chi connectivity index (χ0n) is 17.4. The highest BCUT2D eigenvalue weighted by Gasteiger charge is 2.27. The van der Waals surface area contributed by atoms with Gasteiger partial charge >= 0.3 is 0 Å². The summed E-state index contributed by atoms with van der Waals surface area (Å²) in [6.45, 7) is 11.4. The molecular weight excluding hydrogens is 342 g/mol. The number of aryl methyl sites for hydroxylation is 3. The lowest BCUT2D eigenvalue weighted by Gasteiger charge is -2.23. The molecule has 0 fully saturated rings. The molecule has 0 saturated carbocycles. The van der Waals surface area contributed by atoms with Crippen molar-refractivity contribution in [2.24, 2.45) is 12.0 Å². The van der Waals surface area contributed by atoms with Crippen LogP contribution in [0.4, 0.5) is 0 Å². The summed E-state index contributed by atoms with van der Waals surface area (Å²) in [6.07, 6.45) is 1.81. The first kappa shape index (κ1) is 21.0. The van der Waals surface area contributed by atoms with Crippen LogP contribution >= 0.6 is 0 Å². The van der Waals surface area contributed by atoms with Gasteiger partial charge in [0.15, 0.2) is 5.96 Å². The van der Waals surface area contributed by atoms with E-state index in [0.717, 1.165) is 30.8 Å². The minimum absolute atomic E-state index is 0.292. The van der Waals surface area contributed by atoms with Crippen LogP contribution in [0.1, 0.15) is 56.2 Å². The molecule has 0 radical (unpaired) electrons. The maximum absolute atomic E-state index is 10.7. The van der Waals surface area contributed by atoms with Crippen LogP contribution in [-0.4, -0.2) is 33.9 Å². The van der Waals surface area contributed by atoms with Crippen LogP contribution in [0.5, 0.6) is 0 Å². The third-order valence-corrected chi connectivity index (χ3v) is 4.64. The summed E-state index contributed by atoms with van der Waals surface area (Å²) < 4.78 is 7.52.